The standard InChI is InChI=1S/C27H28N2O3/c1-5-17(2)20-9-11-23(12-10-20)31-16-26(30)28-22-8-6-7-21(15-22)27-29-24-13-18(3)19(4)14-25(24)32-27/h6-15,17H,5,16H2,1-4H3,(H,28,30)/t17-/m0/s1. The van der Waals surface area contributed by atoms with Crippen molar-refractivity contribution in [2.24, 2.45) is 0 Å². The second-order valence-corrected chi connectivity index (χ2v) is 8.22. The zero-order chi connectivity index (χ0) is 22.7. The number of fused-ring (bicyclic) bond motifs is 1. The summed E-state index contributed by atoms with van der Waals surface area (Å²) in [7, 11) is 0. The van der Waals surface area contributed by atoms with Gasteiger partial charge in [-0.15, -0.1) is 0 Å². The van der Waals surface area contributed by atoms with E-state index >= 15 is 0 Å². The summed E-state index contributed by atoms with van der Waals surface area (Å²) in [4.78, 5) is 17.0. The molecule has 0 aliphatic heterocycles. The quantitative estimate of drug-likeness (QED) is 0.358. The summed E-state index contributed by atoms with van der Waals surface area (Å²) in [5.41, 5.74) is 6.65. The molecule has 1 atom stereocenters. The smallest absolute Gasteiger partial charge is 0.262 e. The zero-order valence-corrected chi connectivity index (χ0v) is 18.9. The molecule has 32 heavy (non-hydrogen) atoms. The van der Waals surface area contributed by atoms with Crippen LogP contribution >= 0.6 is 0 Å². The van der Waals surface area contributed by atoms with Crippen molar-refractivity contribution >= 4 is 22.7 Å². The van der Waals surface area contributed by atoms with Crippen LogP contribution in [0.1, 0.15) is 42.9 Å². The highest BCUT2D eigenvalue weighted by Crippen LogP contribution is 2.28. The number of hydrogen-bond acceptors (Lipinski definition) is 4. The molecule has 0 fully saturated rings. The van der Waals surface area contributed by atoms with Gasteiger partial charge in [-0.1, -0.05) is 32.0 Å². The fraction of sp³-hybridized carbons (Fsp3) is 0.259. The van der Waals surface area contributed by atoms with Crippen LogP contribution in [0.15, 0.2) is 65.1 Å². The predicted molar refractivity (Wildman–Crippen MR) is 128 cm³/mol. The summed E-state index contributed by atoms with van der Waals surface area (Å²) >= 11 is 0. The first-order chi connectivity index (χ1) is 15.4. The SMILES string of the molecule is CC[C@H](C)c1ccc(OCC(=O)Nc2cccc(-c3nc4cc(C)c(C)cc4o3)c2)cc1. The molecular formula is C27H28N2O3. The van der Waals surface area contributed by atoms with Crippen LogP contribution < -0.4 is 10.1 Å². The van der Waals surface area contributed by atoms with E-state index in [0.29, 0.717) is 23.2 Å². The number of ether oxygens (including phenoxy) is 1. The van der Waals surface area contributed by atoms with Crippen molar-refractivity contribution in [2.45, 2.75) is 40.0 Å². The number of carbonyl (C=O) groups excluding carboxylic acids is 1. The number of aryl methyl sites for hydroxylation is 2. The topological polar surface area (TPSA) is 64.4 Å². The molecule has 0 spiro atoms. The summed E-state index contributed by atoms with van der Waals surface area (Å²) in [6, 6.07) is 19.4. The Labute approximate surface area is 188 Å². The lowest BCUT2D eigenvalue weighted by Crippen LogP contribution is -2.20. The van der Waals surface area contributed by atoms with E-state index in [1.807, 2.05) is 60.7 Å². The number of anilines is 1. The van der Waals surface area contributed by atoms with Crippen LogP contribution in [0, 0.1) is 13.8 Å². The normalized spacial score (nSPS) is 12.0. The number of nitrogens with zero attached hydrogens (tertiary/aromatic N) is 1. The number of nitrogens with one attached hydrogen (secondary N) is 1. The third kappa shape index (κ3) is 4.83. The molecule has 0 aliphatic carbocycles. The van der Waals surface area contributed by atoms with Gasteiger partial charge in [0.15, 0.2) is 12.2 Å². The van der Waals surface area contributed by atoms with Crippen LogP contribution in [0.4, 0.5) is 5.69 Å². The number of oxazole rings is 1. The zero-order valence-electron chi connectivity index (χ0n) is 18.9. The Hall–Kier alpha value is -3.60. The van der Waals surface area contributed by atoms with Crippen molar-refractivity contribution in [3.8, 4) is 17.2 Å². The molecule has 0 saturated heterocycles. The Bertz CT molecular complexity index is 1200. The van der Waals surface area contributed by atoms with E-state index in [1.165, 1.54) is 11.1 Å². The number of benzene rings is 3. The Morgan fingerprint density at radius 3 is 2.56 bits per heavy atom. The number of aromatic nitrogens is 1. The van der Waals surface area contributed by atoms with Gasteiger partial charge in [-0.25, -0.2) is 4.98 Å². The van der Waals surface area contributed by atoms with Crippen molar-refractivity contribution in [2.75, 3.05) is 11.9 Å². The van der Waals surface area contributed by atoms with Gasteiger partial charge in [0.2, 0.25) is 5.89 Å². The van der Waals surface area contributed by atoms with E-state index in [9.17, 15) is 4.79 Å². The summed E-state index contributed by atoms with van der Waals surface area (Å²) in [5, 5.41) is 2.88. The lowest BCUT2D eigenvalue weighted by Gasteiger charge is -2.11. The second kappa shape index (κ2) is 9.27. The van der Waals surface area contributed by atoms with Gasteiger partial charge in [0, 0.05) is 11.3 Å². The number of rotatable bonds is 7. The van der Waals surface area contributed by atoms with E-state index in [-0.39, 0.29) is 12.5 Å². The first kappa shape index (κ1) is 21.6. The molecule has 0 aliphatic rings. The summed E-state index contributed by atoms with van der Waals surface area (Å²) < 4.78 is 11.6. The molecule has 3 aromatic carbocycles. The van der Waals surface area contributed by atoms with Crippen molar-refractivity contribution in [1.82, 2.24) is 4.98 Å². The predicted octanol–water partition coefficient (Wildman–Crippen LogP) is 6.64. The molecule has 0 unspecified atom stereocenters. The van der Waals surface area contributed by atoms with Crippen LogP contribution in [0.5, 0.6) is 5.75 Å². The minimum atomic E-state index is -0.225. The Balaban J connectivity index is 1.41. The number of hydrogen-bond donors (Lipinski definition) is 1. The molecule has 0 radical (unpaired) electrons. The molecule has 1 N–H and O–H groups in total. The molecule has 5 nitrogen and oxygen atoms in total. The van der Waals surface area contributed by atoms with Gasteiger partial charge < -0.3 is 14.5 Å². The van der Waals surface area contributed by atoms with Crippen LogP contribution in [0.2, 0.25) is 0 Å². The number of carbonyl (C=O) groups is 1. The third-order valence-corrected chi connectivity index (χ3v) is 5.83. The maximum absolute atomic E-state index is 12.4. The van der Waals surface area contributed by atoms with Gasteiger partial charge in [-0.3, -0.25) is 4.79 Å². The van der Waals surface area contributed by atoms with Crippen molar-refractivity contribution in [1.29, 1.82) is 0 Å². The molecule has 164 valence electrons. The highest BCUT2D eigenvalue weighted by Gasteiger charge is 2.11. The Morgan fingerprint density at radius 1 is 1.06 bits per heavy atom. The maximum Gasteiger partial charge on any atom is 0.262 e. The average Bonchev–Trinajstić information content (AvgIpc) is 3.20. The summed E-state index contributed by atoms with van der Waals surface area (Å²) in [6.45, 7) is 8.41. The highest BCUT2D eigenvalue weighted by molar-refractivity contribution is 5.92. The molecule has 1 amide bonds. The lowest BCUT2D eigenvalue weighted by molar-refractivity contribution is -0.118. The third-order valence-electron chi connectivity index (χ3n) is 5.83. The van der Waals surface area contributed by atoms with Gasteiger partial charge in [0.25, 0.3) is 5.91 Å². The molecule has 0 bridgehead atoms. The number of amides is 1. The van der Waals surface area contributed by atoms with Gasteiger partial charge in [-0.2, -0.15) is 0 Å². The molecule has 5 heteroatoms. The Kier molecular flexibility index (Phi) is 6.26. The fourth-order valence-corrected chi connectivity index (χ4v) is 3.51. The van der Waals surface area contributed by atoms with Crippen molar-refractivity contribution in [3.63, 3.8) is 0 Å². The van der Waals surface area contributed by atoms with Gasteiger partial charge in [-0.05, 0) is 85.3 Å². The summed E-state index contributed by atoms with van der Waals surface area (Å²) in [5.74, 6) is 1.49. The minimum Gasteiger partial charge on any atom is -0.484 e. The minimum absolute atomic E-state index is 0.0612. The van der Waals surface area contributed by atoms with E-state index < -0.39 is 0 Å². The molecule has 4 aromatic rings. The first-order valence-corrected chi connectivity index (χ1v) is 10.9. The molecule has 0 saturated carbocycles. The van der Waals surface area contributed by atoms with Crippen LogP contribution in [-0.2, 0) is 4.79 Å². The molecular weight excluding hydrogens is 400 g/mol. The second-order valence-electron chi connectivity index (χ2n) is 8.22. The van der Waals surface area contributed by atoms with E-state index in [1.54, 1.807) is 0 Å². The largest absolute Gasteiger partial charge is 0.484 e. The Morgan fingerprint density at radius 2 is 1.81 bits per heavy atom. The highest BCUT2D eigenvalue weighted by atomic mass is 16.5. The molecule has 1 heterocycles. The van der Waals surface area contributed by atoms with Gasteiger partial charge >= 0.3 is 0 Å². The maximum atomic E-state index is 12.4. The fourth-order valence-electron chi connectivity index (χ4n) is 3.51. The lowest BCUT2D eigenvalue weighted by atomic mass is 9.99. The van der Waals surface area contributed by atoms with Crippen molar-refractivity contribution < 1.29 is 13.9 Å². The van der Waals surface area contributed by atoms with Crippen LogP contribution in [0.3, 0.4) is 0 Å². The van der Waals surface area contributed by atoms with Crippen LogP contribution in [0.25, 0.3) is 22.6 Å². The van der Waals surface area contributed by atoms with E-state index in [0.717, 1.165) is 28.6 Å². The van der Waals surface area contributed by atoms with Gasteiger partial charge in [0.1, 0.15) is 11.3 Å². The van der Waals surface area contributed by atoms with E-state index in [4.69, 9.17) is 9.15 Å². The monoisotopic (exact) mass is 428 g/mol. The van der Waals surface area contributed by atoms with Crippen LogP contribution in [-0.4, -0.2) is 17.5 Å². The average molecular weight is 429 g/mol. The van der Waals surface area contributed by atoms with E-state index in [2.05, 4.69) is 38.0 Å². The molecule has 1 aromatic heterocycles. The van der Waals surface area contributed by atoms with Gasteiger partial charge in [0.05, 0.1) is 0 Å². The first-order valence-electron chi connectivity index (χ1n) is 10.9. The molecule has 4 rings (SSSR count). The van der Waals surface area contributed by atoms with Crippen molar-refractivity contribution in [3.05, 3.63) is 77.4 Å². The summed E-state index contributed by atoms with van der Waals surface area (Å²) in [6.07, 6.45) is 1.09.